The maximum absolute atomic E-state index is 5.59. The van der Waals surface area contributed by atoms with Gasteiger partial charge in [-0.25, -0.2) is 14.5 Å². The van der Waals surface area contributed by atoms with Gasteiger partial charge in [0.15, 0.2) is 11.4 Å². The summed E-state index contributed by atoms with van der Waals surface area (Å²) in [6, 6.07) is 6.63. The molecule has 5 aromatic rings. The van der Waals surface area contributed by atoms with Gasteiger partial charge in [-0.05, 0) is 50.0 Å². The molecule has 1 aliphatic heterocycles. The van der Waals surface area contributed by atoms with Crippen LogP contribution in [0.2, 0.25) is 0 Å². The zero-order chi connectivity index (χ0) is 23.2. The first-order chi connectivity index (χ1) is 16.6. The number of aromatic nitrogens is 7. The summed E-state index contributed by atoms with van der Waals surface area (Å²) < 4.78 is 9.44. The SMILES string of the molecule is COc1cc(-c2[nH]c3ccc(-c4cnn(C5CCNCC5)c4)nc3c2C(C)C)cn2ncnc12. The molecule has 0 radical (unpaired) electrons. The summed E-state index contributed by atoms with van der Waals surface area (Å²) in [5.41, 5.74) is 7.84. The Balaban J connectivity index is 1.45. The lowest BCUT2D eigenvalue weighted by Gasteiger charge is -2.22. The van der Waals surface area contributed by atoms with Gasteiger partial charge in [-0.3, -0.25) is 4.68 Å². The van der Waals surface area contributed by atoms with Crippen LogP contribution in [0.3, 0.4) is 0 Å². The summed E-state index contributed by atoms with van der Waals surface area (Å²) in [6.07, 6.45) is 9.79. The molecule has 0 amide bonds. The van der Waals surface area contributed by atoms with Crippen LogP contribution < -0.4 is 10.1 Å². The number of rotatable bonds is 5. The standard InChI is InChI=1S/C25H28N8O/c1-15(2)22-23(16-10-21(34-3)25-27-14-29-33(25)12-16)31-20-5-4-19(30-24(20)22)17-11-28-32(13-17)18-6-8-26-9-7-18/h4-5,10-15,18,26,31H,6-9H2,1-3H3. The van der Waals surface area contributed by atoms with Crippen LogP contribution >= 0.6 is 0 Å². The lowest BCUT2D eigenvalue weighted by Crippen LogP contribution is -2.29. The fourth-order valence-corrected chi connectivity index (χ4v) is 4.96. The molecular formula is C25H28N8O. The van der Waals surface area contributed by atoms with Gasteiger partial charge in [-0.2, -0.15) is 10.2 Å². The summed E-state index contributed by atoms with van der Waals surface area (Å²) in [6.45, 7) is 6.47. The van der Waals surface area contributed by atoms with Crippen molar-refractivity contribution in [2.45, 2.75) is 38.6 Å². The van der Waals surface area contributed by atoms with E-state index in [2.05, 4.69) is 62.3 Å². The van der Waals surface area contributed by atoms with Gasteiger partial charge < -0.3 is 15.0 Å². The van der Waals surface area contributed by atoms with E-state index in [1.54, 1.807) is 11.6 Å². The molecule has 5 aromatic heterocycles. The highest BCUT2D eigenvalue weighted by Crippen LogP contribution is 2.37. The summed E-state index contributed by atoms with van der Waals surface area (Å²) in [7, 11) is 1.65. The highest BCUT2D eigenvalue weighted by molar-refractivity contribution is 5.90. The molecule has 6 heterocycles. The lowest BCUT2D eigenvalue weighted by atomic mass is 9.98. The van der Waals surface area contributed by atoms with Crippen molar-refractivity contribution >= 4 is 16.7 Å². The molecule has 0 aromatic carbocycles. The van der Waals surface area contributed by atoms with E-state index in [-0.39, 0.29) is 5.92 Å². The first-order valence-electron chi connectivity index (χ1n) is 11.8. The van der Waals surface area contributed by atoms with E-state index in [0.717, 1.165) is 59.5 Å². The van der Waals surface area contributed by atoms with Crippen LogP contribution in [0.4, 0.5) is 0 Å². The van der Waals surface area contributed by atoms with Crippen molar-refractivity contribution in [1.29, 1.82) is 0 Å². The maximum atomic E-state index is 5.59. The van der Waals surface area contributed by atoms with Crippen molar-refractivity contribution in [3.63, 3.8) is 0 Å². The number of fused-ring (bicyclic) bond motifs is 2. The monoisotopic (exact) mass is 456 g/mol. The Bertz CT molecular complexity index is 1470. The van der Waals surface area contributed by atoms with Crippen LogP contribution in [-0.2, 0) is 0 Å². The molecule has 1 aliphatic rings. The van der Waals surface area contributed by atoms with Gasteiger partial charge in [0, 0.05) is 29.1 Å². The smallest absolute Gasteiger partial charge is 0.197 e. The number of ether oxygens (including phenoxy) is 1. The zero-order valence-corrected chi connectivity index (χ0v) is 19.6. The molecule has 2 N–H and O–H groups in total. The lowest BCUT2D eigenvalue weighted by molar-refractivity contribution is 0.343. The Hall–Kier alpha value is -3.72. The quantitative estimate of drug-likeness (QED) is 0.411. The number of methoxy groups -OCH3 is 1. The molecule has 1 saturated heterocycles. The minimum atomic E-state index is 0.265. The fraction of sp³-hybridized carbons (Fsp3) is 0.360. The molecule has 0 spiro atoms. The molecule has 0 aliphatic carbocycles. The molecule has 9 nitrogen and oxygen atoms in total. The molecule has 0 bridgehead atoms. The van der Waals surface area contributed by atoms with E-state index >= 15 is 0 Å². The molecule has 0 saturated carbocycles. The second-order valence-corrected chi connectivity index (χ2v) is 9.18. The van der Waals surface area contributed by atoms with Crippen LogP contribution in [-0.4, -0.2) is 54.5 Å². The van der Waals surface area contributed by atoms with Crippen LogP contribution in [0.5, 0.6) is 5.75 Å². The third-order valence-corrected chi connectivity index (χ3v) is 6.69. The van der Waals surface area contributed by atoms with Crippen molar-refractivity contribution in [2.75, 3.05) is 20.2 Å². The second-order valence-electron chi connectivity index (χ2n) is 9.18. The predicted octanol–water partition coefficient (Wildman–Crippen LogP) is 4.19. The normalized spacial score (nSPS) is 15.1. The van der Waals surface area contributed by atoms with Crippen molar-refractivity contribution < 1.29 is 4.74 Å². The highest BCUT2D eigenvalue weighted by Gasteiger charge is 2.21. The van der Waals surface area contributed by atoms with E-state index in [1.165, 1.54) is 11.9 Å². The molecule has 174 valence electrons. The van der Waals surface area contributed by atoms with Crippen LogP contribution in [0, 0.1) is 0 Å². The first-order valence-corrected chi connectivity index (χ1v) is 11.8. The van der Waals surface area contributed by atoms with Gasteiger partial charge >= 0.3 is 0 Å². The molecule has 0 atom stereocenters. The first kappa shape index (κ1) is 20.9. The van der Waals surface area contributed by atoms with E-state index in [1.807, 2.05) is 18.5 Å². The summed E-state index contributed by atoms with van der Waals surface area (Å²) in [5, 5.41) is 12.4. The van der Waals surface area contributed by atoms with Gasteiger partial charge in [0.25, 0.3) is 0 Å². The number of hydrogen-bond donors (Lipinski definition) is 2. The van der Waals surface area contributed by atoms with Crippen molar-refractivity contribution in [2.24, 2.45) is 0 Å². The number of pyridine rings is 2. The van der Waals surface area contributed by atoms with E-state index in [0.29, 0.717) is 17.4 Å². The van der Waals surface area contributed by atoms with E-state index in [9.17, 15) is 0 Å². The zero-order valence-electron chi connectivity index (χ0n) is 19.6. The van der Waals surface area contributed by atoms with E-state index < -0.39 is 0 Å². The Morgan fingerprint density at radius 1 is 1.09 bits per heavy atom. The average molecular weight is 457 g/mol. The van der Waals surface area contributed by atoms with Gasteiger partial charge in [0.1, 0.15) is 6.33 Å². The molecule has 0 unspecified atom stereocenters. The Morgan fingerprint density at radius 2 is 1.94 bits per heavy atom. The number of hydrogen-bond acceptors (Lipinski definition) is 6. The fourth-order valence-electron chi connectivity index (χ4n) is 4.96. The maximum Gasteiger partial charge on any atom is 0.197 e. The minimum Gasteiger partial charge on any atom is -0.493 e. The molecule has 1 fully saturated rings. The van der Waals surface area contributed by atoms with E-state index in [4.69, 9.17) is 9.72 Å². The average Bonchev–Trinajstić information content (AvgIpc) is 3.61. The van der Waals surface area contributed by atoms with Gasteiger partial charge in [-0.15, -0.1) is 0 Å². The Labute approximate surface area is 197 Å². The van der Waals surface area contributed by atoms with Gasteiger partial charge in [-0.1, -0.05) is 13.8 Å². The number of H-pyrrole nitrogens is 1. The molecule has 34 heavy (non-hydrogen) atoms. The Kier molecular flexibility index (Phi) is 5.06. The molecular weight excluding hydrogens is 428 g/mol. The minimum absolute atomic E-state index is 0.265. The summed E-state index contributed by atoms with van der Waals surface area (Å²) >= 11 is 0. The third-order valence-electron chi connectivity index (χ3n) is 6.69. The van der Waals surface area contributed by atoms with Gasteiger partial charge in [0.05, 0.1) is 41.8 Å². The third kappa shape index (κ3) is 3.43. The van der Waals surface area contributed by atoms with Crippen LogP contribution in [0.25, 0.3) is 39.2 Å². The molecule has 9 heteroatoms. The van der Waals surface area contributed by atoms with Crippen LogP contribution in [0.15, 0.2) is 43.1 Å². The predicted molar refractivity (Wildman–Crippen MR) is 131 cm³/mol. The number of nitrogens with one attached hydrogen (secondary N) is 2. The van der Waals surface area contributed by atoms with Gasteiger partial charge in [0.2, 0.25) is 0 Å². The number of aromatic amines is 1. The molecule has 6 rings (SSSR count). The highest BCUT2D eigenvalue weighted by atomic mass is 16.5. The van der Waals surface area contributed by atoms with Crippen molar-refractivity contribution in [3.8, 4) is 28.3 Å². The topological polar surface area (TPSA) is 97.9 Å². The second kappa shape index (κ2) is 8.25. The largest absolute Gasteiger partial charge is 0.493 e. The Morgan fingerprint density at radius 3 is 2.74 bits per heavy atom. The van der Waals surface area contributed by atoms with Crippen molar-refractivity contribution in [1.82, 2.24) is 39.7 Å². The summed E-state index contributed by atoms with van der Waals surface area (Å²) in [5.74, 6) is 0.948. The summed E-state index contributed by atoms with van der Waals surface area (Å²) in [4.78, 5) is 13.0. The van der Waals surface area contributed by atoms with Crippen molar-refractivity contribution in [3.05, 3.63) is 48.7 Å². The number of piperidine rings is 1. The van der Waals surface area contributed by atoms with Crippen LogP contribution in [0.1, 0.15) is 44.2 Å². The number of nitrogens with zero attached hydrogens (tertiary/aromatic N) is 6.